The quantitative estimate of drug-likeness (QED) is 0.0148. The highest BCUT2D eigenvalue weighted by Crippen LogP contribution is 2.35. The van der Waals surface area contributed by atoms with E-state index in [1.165, 1.54) is 77.0 Å². The fourth-order valence-corrected chi connectivity index (χ4v) is 5.76. The molecule has 0 aliphatic rings. The standard InChI is InChI=1S/C39H72O7S2/c1-3-5-7-9-11-13-15-17-19-21-23-25-27-29-31-33-35(40)45-37(42)38(43,39(44,47)48)46-36(41)34-32-30-28-26-24-22-20-18-16-14-12-10-8-6-4-2/h17-20,37,42-44,47-48H,3-16,21-34H2,1-2H3/b19-17-,20-18-. The maximum Gasteiger partial charge on any atom is 0.322 e. The molecule has 0 aromatic heterocycles. The van der Waals surface area contributed by atoms with Gasteiger partial charge in [-0.05, 0) is 64.2 Å². The number of hydrogen-bond acceptors (Lipinski definition) is 9. The van der Waals surface area contributed by atoms with Crippen LogP contribution in [0.15, 0.2) is 24.3 Å². The van der Waals surface area contributed by atoms with E-state index in [0.29, 0.717) is 12.8 Å². The Hall–Kier alpha value is -1.00. The molecule has 0 aromatic carbocycles. The number of esters is 2. The van der Waals surface area contributed by atoms with Gasteiger partial charge in [-0.2, -0.15) is 0 Å². The Kier molecular flexibility index (Phi) is 31.3. The van der Waals surface area contributed by atoms with Crippen LogP contribution in [-0.4, -0.2) is 43.6 Å². The number of carbonyl (C=O) groups is 2. The summed E-state index contributed by atoms with van der Waals surface area (Å²) in [5.74, 6) is -4.68. The molecule has 0 aromatic rings. The van der Waals surface area contributed by atoms with Crippen LogP contribution in [-0.2, 0) is 19.1 Å². The SMILES string of the molecule is CCCCCCCC/C=C\CCCCCCCC(=O)OC(O)C(O)(OC(=O)CCCCCCC/C=C\CCCCCCCC)C(O)(S)S. The van der Waals surface area contributed by atoms with E-state index in [4.69, 9.17) is 9.47 Å². The number of ether oxygens (including phenoxy) is 2. The smallest absolute Gasteiger partial charge is 0.322 e. The first-order valence-corrected chi connectivity index (χ1v) is 20.3. The van der Waals surface area contributed by atoms with Gasteiger partial charge in [-0.3, -0.25) is 9.59 Å². The van der Waals surface area contributed by atoms with E-state index in [0.717, 1.165) is 77.0 Å². The van der Waals surface area contributed by atoms with Crippen molar-refractivity contribution >= 4 is 37.2 Å². The Morgan fingerprint density at radius 3 is 1.21 bits per heavy atom. The van der Waals surface area contributed by atoms with Gasteiger partial charge in [0, 0.05) is 12.8 Å². The third kappa shape index (κ3) is 26.8. The van der Waals surface area contributed by atoms with Gasteiger partial charge in [-0.25, -0.2) is 0 Å². The highest BCUT2D eigenvalue weighted by Gasteiger charge is 2.56. The average Bonchev–Trinajstić information content (AvgIpc) is 3.04. The van der Waals surface area contributed by atoms with Crippen molar-refractivity contribution in [2.24, 2.45) is 0 Å². The maximum atomic E-state index is 12.4. The molecule has 0 rings (SSSR count). The number of unbranched alkanes of at least 4 members (excludes halogenated alkanes) is 22. The number of carbonyl (C=O) groups excluding carboxylic acids is 2. The fourth-order valence-electron chi connectivity index (χ4n) is 5.45. The molecule has 0 aliphatic carbocycles. The zero-order chi connectivity index (χ0) is 35.8. The van der Waals surface area contributed by atoms with Crippen LogP contribution in [0.2, 0.25) is 0 Å². The largest absolute Gasteiger partial charge is 0.428 e. The molecule has 9 heteroatoms. The molecule has 0 heterocycles. The van der Waals surface area contributed by atoms with Gasteiger partial charge < -0.3 is 24.8 Å². The van der Waals surface area contributed by atoms with Crippen LogP contribution in [0.25, 0.3) is 0 Å². The Labute approximate surface area is 304 Å². The van der Waals surface area contributed by atoms with Crippen LogP contribution < -0.4 is 0 Å². The summed E-state index contributed by atoms with van der Waals surface area (Å²) in [5.41, 5.74) is 0. The van der Waals surface area contributed by atoms with E-state index in [1.54, 1.807) is 0 Å². The van der Waals surface area contributed by atoms with Crippen molar-refractivity contribution in [2.75, 3.05) is 0 Å². The van der Waals surface area contributed by atoms with Crippen molar-refractivity contribution in [3.8, 4) is 0 Å². The topological polar surface area (TPSA) is 113 Å². The zero-order valence-corrected chi connectivity index (χ0v) is 32.3. The fraction of sp³-hybridized carbons (Fsp3) is 0.846. The van der Waals surface area contributed by atoms with Crippen molar-refractivity contribution in [1.29, 1.82) is 0 Å². The second-order valence-electron chi connectivity index (χ2n) is 13.3. The second-order valence-corrected chi connectivity index (χ2v) is 15.0. The summed E-state index contributed by atoms with van der Waals surface area (Å²) in [6, 6.07) is 0. The van der Waals surface area contributed by atoms with Crippen LogP contribution in [0.4, 0.5) is 0 Å². The molecule has 0 aliphatic heterocycles. The molecule has 0 saturated carbocycles. The second kappa shape index (κ2) is 31.9. The van der Waals surface area contributed by atoms with E-state index in [9.17, 15) is 24.9 Å². The molecule has 7 nitrogen and oxygen atoms in total. The molecule has 0 saturated heterocycles. The number of thiol groups is 2. The number of allylic oxidation sites excluding steroid dienone is 4. The molecule has 0 radical (unpaired) electrons. The minimum absolute atomic E-state index is 0.0196. The van der Waals surface area contributed by atoms with Gasteiger partial charge in [0.2, 0.25) is 4.27 Å². The average molecular weight is 717 g/mol. The summed E-state index contributed by atoms with van der Waals surface area (Å²) < 4.78 is 7.22. The molecule has 3 N–H and O–H groups in total. The number of aliphatic hydroxyl groups excluding tert-OH is 1. The summed E-state index contributed by atoms with van der Waals surface area (Å²) in [5, 5.41) is 31.4. The monoisotopic (exact) mass is 716 g/mol. The van der Waals surface area contributed by atoms with Crippen LogP contribution in [0.3, 0.4) is 0 Å². The summed E-state index contributed by atoms with van der Waals surface area (Å²) in [7, 11) is 0. The predicted molar refractivity (Wildman–Crippen MR) is 205 cm³/mol. The Bertz CT molecular complexity index is 828. The number of aliphatic hydroxyl groups is 3. The van der Waals surface area contributed by atoms with Crippen LogP contribution >= 0.6 is 25.3 Å². The Morgan fingerprint density at radius 2 is 0.854 bits per heavy atom. The van der Waals surface area contributed by atoms with Gasteiger partial charge in [0.15, 0.2) is 0 Å². The highest BCUT2D eigenvalue weighted by molar-refractivity contribution is 8.00. The van der Waals surface area contributed by atoms with Crippen molar-refractivity contribution in [2.45, 2.75) is 210 Å². The van der Waals surface area contributed by atoms with Crippen LogP contribution in [0.1, 0.15) is 194 Å². The van der Waals surface area contributed by atoms with E-state index in [1.807, 2.05) is 0 Å². The van der Waals surface area contributed by atoms with Gasteiger partial charge >= 0.3 is 17.7 Å². The lowest BCUT2D eigenvalue weighted by atomic mass is 10.1. The lowest BCUT2D eigenvalue weighted by Gasteiger charge is -2.38. The molecule has 282 valence electrons. The molecule has 48 heavy (non-hydrogen) atoms. The predicted octanol–water partition coefficient (Wildman–Crippen LogP) is 10.7. The normalized spacial score (nSPS) is 14.1. The zero-order valence-electron chi connectivity index (χ0n) is 30.6. The van der Waals surface area contributed by atoms with E-state index < -0.39 is 28.3 Å². The third-order valence-electron chi connectivity index (χ3n) is 8.61. The first-order valence-electron chi connectivity index (χ1n) is 19.4. The Morgan fingerprint density at radius 1 is 0.542 bits per heavy atom. The van der Waals surface area contributed by atoms with Crippen molar-refractivity contribution in [3.63, 3.8) is 0 Å². The Balaban J connectivity index is 4.09. The van der Waals surface area contributed by atoms with Gasteiger partial charge in [0.25, 0.3) is 6.29 Å². The van der Waals surface area contributed by atoms with E-state index in [-0.39, 0.29) is 12.8 Å². The van der Waals surface area contributed by atoms with Crippen molar-refractivity contribution in [3.05, 3.63) is 24.3 Å². The van der Waals surface area contributed by atoms with Crippen molar-refractivity contribution in [1.82, 2.24) is 0 Å². The maximum absolute atomic E-state index is 12.4. The van der Waals surface area contributed by atoms with Gasteiger partial charge in [0.1, 0.15) is 0 Å². The molecule has 0 amide bonds. The molecule has 0 bridgehead atoms. The molecule has 0 spiro atoms. The van der Waals surface area contributed by atoms with Crippen molar-refractivity contribution < 1.29 is 34.4 Å². The minimum atomic E-state index is -3.05. The lowest BCUT2D eigenvalue weighted by molar-refractivity contribution is -0.325. The minimum Gasteiger partial charge on any atom is -0.428 e. The van der Waals surface area contributed by atoms with Gasteiger partial charge in [0.05, 0.1) is 0 Å². The first-order chi connectivity index (χ1) is 23.1. The summed E-state index contributed by atoms with van der Waals surface area (Å²) in [6.45, 7) is 4.47. The molecular formula is C39H72O7S2. The molecule has 2 atom stereocenters. The summed E-state index contributed by atoms with van der Waals surface area (Å²) in [6.07, 6.45) is 35.9. The molecule has 0 fully saturated rings. The number of hydrogen-bond donors (Lipinski definition) is 5. The summed E-state index contributed by atoms with van der Waals surface area (Å²) in [4.78, 5) is 24.7. The lowest BCUT2D eigenvalue weighted by Crippen LogP contribution is -2.59. The van der Waals surface area contributed by atoms with Crippen LogP contribution in [0.5, 0.6) is 0 Å². The van der Waals surface area contributed by atoms with Crippen LogP contribution in [0, 0.1) is 0 Å². The van der Waals surface area contributed by atoms with E-state index in [2.05, 4.69) is 63.4 Å². The van der Waals surface area contributed by atoms with Gasteiger partial charge in [-0.15, -0.1) is 25.3 Å². The van der Waals surface area contributed by atoms with E-state index >= 15 is 0 Å². The number of rotatable bonds is 34. The summed E-state index contributed by atoms with van der Waals surface area (Å²) >= 11 is 7.54. The third-order valence-corrected chi connectivity index (χ3v) is 9.25. The highest BCUT2D eigenvalue weighted by atomic mass is 32.2. The molecular weight excluding hydrogens is 645 g/mol. The molecule has 2 unspecified atom stereocenters. The first kappa shape index (κ1) is 47.0. The van der Waals surface area contributed by atoms with Gasteiger partial charge in [-0.1, -0.05) is 141 Å².